The molecule has 0 fully saturated rings. The van der Waals surface area contributed by atoms with E-state index in [0.29, 0.717) is 9.86 Å². The Morgan fingerprint density at radius 2 is 2.15 bits per heavy atom. The van der Waals surface area contributed by atoms with Gasteiger partial charge in [-0.25, -0.2) is 0 Å². The molecule has 0 aromatic heterocycles. The van der Waals surface area contributed by atoms with Gasteiger partial charge in [-0.05, 0) is 22.6 Å². The van der Waals surface area contributed by atoms with Crippen molar-refractivity contribution in [3.8, 4) is 5.75 Å². The smallest absolute Gasteiger partial charge is 0.283 e. The van der Waals surface area contributed by atoms with E-state index in [9.17, 15) is 14.9 Å². The first kappa shape index (κ1) is 9.90. The number of aldehydes is 1. The molecule has 1 aromatic rings. The van der Waals surface area contributed by atoms with E-state index in [1.807, 2.05) is 0 Å². The van der Waals surface area contributed by atoms with Crippen molar-refractivity contribution < 1.29 is 14.8 Å². The summed E-state index contributed by atoms with van der Waals surface area (Å²) in [5, 5.41) is 19.5. The van der Waals surface area contributed by atoms with E-state index in [0.717, 1.165) is 6.07 Å². The molecular weight excluding hydrogens is 289 g/mol. The molecule has 0 spiro atoms. The zero-order valence-electron chi connectivity index (χ0n) is 6.23. The van der Waals surface area contributed by atoms with Crippen LogP contribution >= 0.6 is 22.6 Å². The van der Waals surface area contributed by atoms with Crippen LogP contribution in [0.15, 0.2) is 12.1 Å². The molecule has 5 nitrogen and oxygen atoms in total. The lowest BCUT2D eigenvalue weighted by Crippen LogP contribution is -1.93. The predicted molar refractivity (Wildman–Crippen MR) is 52.9 cm³/mol. The molecule has 0 heterocycles. The maximum absolute atomic E-state index is 10.4. The highest BCUT2D eigenvalue weighted by atomic mass is 127. The lowest BCUT2D eigenvalue weighted by Gasteiger charge is -1.98. The molecule has 0 unspecified atom stereocenters. The molecule has 0 saturated carbocycles. The molecule has 0 aliphatic carbocycles. The van der Waals surface area contributed by atoms with Gasteiger partial charge in [-0.3, -0.25) is 14.9 Å². The second kappa shape index (κ2) is 3.69. The SMILES string of the molecule is O=Cc1cc([N+](=O)[O-])c(I)cc1O. The number of aromatic hydroxyl groups is 1. The van der Waals surface area contributed by atoms with Crippen LogP contribution in [-0.2, 0) is 0 Å². The van der Waals surface area contributed by atoms with Crippen molar-refractivity contribution in [1.82, 2.24) is 0 Å². The molecule has 0 amide bonds. The minimum atomic E-state index is -0.603. The van der Waals surface area contributed by atoms with Gasteiger partial charge in [-0.15, -0.1) is 0 Å². The first-order valence-electron chi connectivity index (χ1n) is 3.18. The van der Waals surface area contributed by atoms with Crippen molar-refractivity contribution in [2.75, 3.05) is 0 Å². The van der Waals surface area contributed by atoms with Crippen molar-refractivity contribution in [2.24, 2.45) is 0 Å². The largest absolute Gasteiger partial charge is 0.507 e. The van der Waals surface area contributed by atoms with Crippen LogP contribution in [0.25, 0.3) is 0 Å². The van der Waals surface area contributed by atoms with Gasteiger partial charge in [0.25, 0.3) is 5.69 Å². The topological polar surface area (TPSA) is 80.4 Å². The van der Waals surface area contributed by atoms with E-state index in [4.69, 9.17) is 5.11 Å². The maximum atomic E-state index is 10.4. The van der Waals surface area contributed by atoms with E-state index < -0.39 is 4.92 Å². The zero-order chi connectivity index (χ0) is 10.0. The van der Waals surface area contributed by atoms with Crippen LogP contribution in [0.5, 0.6) is 5.75 Å². The number of hydrogen-bond donors (Lipinski definition) is 1. The van der Waals surface area contributed by atoms with Gasteiger partial charge in [0.15, 0.2) is 6.29 Å². The highest BCUT2D eigenvalue weighted by Gasteiger charge is 2.15. The number of carbonyl (C=O) groups is 1. The van der Waals surface area contributed by atoms with E-state index in [1.54, 1.807) is 22.6 Å². The molecule has 6 heteroatoms. The van der Waals surface area contributed by atoms with E-state index in [1.165, 1.54) is 6.07 Å². The Kier molecular flexibility index (Phi) is 2.81. The molecule has 0 bridgehead atoms. The van der Waals surface area contributed by atoms with E-state index >= 15 is 0 Å². The number of phenolic OH excluding ortho intramolecular Hbond substituents is 1. The third kappa shape index (κ3) is 1.94. The summed E-state index contributed by atoms with van der Waals surface area (Å²) in [5.74, 6) is -0.245. The van der Waals surface area contributed by atoms with Crippen LogP contribution in [0.3, 0.4) is 0 Å². The van der Waals surface area contributed by atoms with Gasteiger partial charge in [-0.1, -0.05) is 0 Å². The van der Waals surface area contributed by atoms with Gasteiger partial charge >= 0.3 is 0 Å². The van der Waals surface area contributed by atoms with E-state index in [-0.39, 0.29) is 17.0 Å². The first-order chi connectivity index (χ1) is 6.06. The molecule has 13 heavy (non-hydrogen) atoms. The Morgan fingerprint density at radius 1 is 1.54 bits per heavy atom. The van der Waals surface area contributed by atoms with Crippen LogP contribution in [0.4, 0.5) is 5.69 Å². The number of carbonyl (C=O) groups excluding carboxylic acids is 1. The van der Waals surface area contributed by atoms with E-state index in [2.05, 4.69) is 0 Å². The second-order valence-electron chi connectivity index (χ2n) is 2.24. The van der Waals surface area contributed by atoms with Gasteiger partial charge < -0.3 is 5.11 Å². The fourth-order valence-corrected chi connectivity index (χ4v) is 1.45. The number of phenols is 1. The van der Waals surface area contributed by atoms with Crippen LogP contribution in [0.2, 0.25) is 0 Å². The number of halogens is 1. The standard InChI is InChI=1S/C7H4INO4/c8-5-2-7(11)4(3-10)1-6(5)9(12)13/h1-3,11H. The van der Waals surface area contributed by atoms with Gasteiger partial charge in [0.05, 0.1) is 14.1 Å². The normalized spacial score (nSPS) is 9.62. The average Bonchev–Trinajstić information content (AvgIpc) is 2.03. The van der Waals surface area contributed by atoms with Gasteiger partial charge in [0.1, 0.15) is 5.75 Å². The summed E-state index contributed by atoms with van der Waals surface area (Å²) in [6, 6.07) is 2.23. The Hall–Kier alpha value is -1.18. The van der Waals surface area contributed by atoms with Crippen LogP contribution in [0.1, 0.15) is 10.4 Å². The fourth-order valence-electron chi connectivity index (χ4n) is 0.802. The predicted octanol–water partition coefficient (Wildman–Crippen LogP) is 1.72. The van der Waals surface area contributed by atoms with Crippen molar-refractivity contribution in [3.05, 3.63) is 31.4 Å². The summed E-state index contributed by atoms with van der Waals surface area (Å²) in [6.07, 6.45) is 0.373. The van der Waals surface area contributed by atoms with Gasteiger partial charge in [-0.2, -0.15) is 0 Å². The third-order valence-electron chi connectivity index (χ3n) is 1.42. The molecule has 0 atom stereocenters. The second-order valence-corrected chi connectivity index (χ2v) is 3.40. The Balaban J connectivity index is 3.38. The number of hydrogen-bond acceptors (Lipinski definition) is 4. The summed E-state index contributed by atoms with van der Waals surface area (Å²) >= 11 is 1.72. The summed E-state index contributed by atoms with van der Waals surface area (Å²) in [7, 11) is 0. The highest BCUT2D eigenvalue weighted by Crippen LogP contribution is 2.27. The summed E-state index contributed by atoms with van der Waals surface area (Å²) in [6.45, 7) is 0. The minimum Gasteiger partial charge on any atom is -0.507 e. The number of nitro benzene ring substituents is 1. The molecule has 0 aliphatic rings. The molecule has 0 radical (unpaired) electrons. The Bertz CT molecular complexity index is 377. The zero-order valence-corrected chi connectivity index (χ0v) is 8.39. The van der Waals surface area contributed by atoms with Crippen LogP contribution in [0, 0.1) is 13.7 Å². The third-order valence-corrected chi connectivity index (χ3v) is 2.28. The van der Waals surface area contributed by atoms with Gasteiger partial charge in [0.2, 0.25) is 0 Å². The highest BCUT2D eigenvalue weighted by molar-refractivity contribution is 14.1. The monoisotopic (exact) mass is 293 g/mol. The minimum absolute atomic E-state index is 0.0767. The summed E-state index contributed by atoms with van der Waals surface area (Å²) < 4.78 is 0.297. The first-order valence-corrected chi connectivity index (χ1v) is 4.26. The summed E-state index contributed by atoms with van der Waals surface area (Å²) in [5.41, 5.74) is -0.257. The van der Waals surface area contributed by atoms with Crippen molar-refractivity contribution >= 4 is 34.6 Å². The molecule has 1 rings (SSSR count). The quantitative estimate of drug-likeness (QED) is 0.389. The number of benzene rings is 1. The van der Waals surface area contributed by atoms with Crippen molar-refractivity contribution in [2.45, 2.75) is 0 Å². The van der Waals surface area contributed by atoms with Crippen LogP contribution in [-0.4, -0.2) is 16.3 Å². The summed E-state index contributed by atoms with van der Waals surface area (Å²) in [4.78, 5) is 20.1. The lowest BCUT2D eigenvalue weighted by molar-refractivity contribution is -0.385. The Labute approximate surface area is 86.7 Å². The molecular formula is C7H4INO4. The Morgan fingerprint density at radius 3 is 2.62 bits per heavy atom. The number of nitro groups is 1. The molecule has 1 N–H and O–H groups in total. The van der Waals surface area contributed by atoms with Crippen molar-refractivity contribution in [1.29, 1.82) is 0 Å². The molecule has 0 aliphatic heterocycles. The van der Waals surface area contributed by atoms with Gasteiger partial charge in [0, 0.05) is 12.1 Å². The molecule has 1 aromatic carbocycles. The lowest BCUT2D eigenvalue weighted by atomic mass is 10.2. The fraction of sp³-hybridized carbons (Fsp3) is 0. The maximum Gasteiger partial charge on any atom is 0.283 e. The number of rotatable bonds is 2. The molecule has 0 saturated heterocycles. The molecule has 68 valence electrons. The van der Waals surface area contributed by atoms with Crippen molar-refractivity contribution in [3.63, 3.8) is 0 Å². The van der Waals surface area contributed by atoms with Crippen LogP contribution < -0.4 is 0 Å². The average molecular weight is 293 g/mol. The number of nitrogens with zero attached hydrogens (tertiary/aromatic N) is 1.